The number of nitrogens with zero attached hydrogens (tertiary/aromatic N) is 1. The number of ether oxygens (including phenoxy) is 1. The highest BCUT2D eigenvalue weighted by Gasteiger charge is 1.99. The molecule has 0 spiro atoms. The molecule has 0 aromatic heterocycles. The molecule has 0 N–H and O–H groups in total. The molecule has 0 fully saturated rings. The van der Waals surface area contributed by atoms with Crippen LogP contribution in [0.2, 0.25) is 0 Å². The Balaban J connectivity index is 3.97. The van der Waals surface area contributed by atoms with Gasteiger partial charge in [-0.25, -0.2) is 0 Å². The van der Waals surface area contributed by atoms with Crippen molar-refractivity contribution in [2.45, 2.75) is 13.8 Å². The number of likely N-dealkylation sites (N-methyl/N-ethyl adjacent to an activating group) is 1. The van der Waals surface area contributed by atoms with Crippen molar-refractivity contribution in [3.63, 3.8) is 0 Å². The van der Waals surface area contributed by atoms with Gasteiger partial charge >= 0.3 is 0 Å². The summed E-state index contributed by atoms with van der Waals surface area (Å²) in [5.74, 6) is 1.06. The highest BCUT2D eigenvalue weighted by molar-refractivity contribution is 5.03. The summed E-state index contributed by atoms with van der Waals surface area (Å²) in [5, 5.41) is 0. The number of hydrogen-bond donors (Lipinski definition) is 0. The predicted octanol–water partition coefficient (Wildman–Crippen LogP) is 1.49. The third-order valence-corrected chi connectivity index (χ3v) is 1.26. The van der Waals surface area contributed by atoms with E-state index in [2.05, 4.69) is 18.7 Å². The van der Waals surface area contributed by atoms with E-state index in [1.54, 1.807) is 7.11 Å². The van der Waals surface area contributed by atoms with E-state index in [1.807, 2.05) is 14.1 Å². The minimum Gasteiger partial charge on any atom is -0.500 e. The number of rotatable bonds is 3. The Morgan fingerprint density at radius 3 is 1.90 bits per heavy atom. The Hall–Kier alpha value is -0.500. The molecule has 0 heterocycles. The molecule has 0 saturated carbocycles. The zero-order valence-corrected chi connectivity index (χ0v) is 7.56. The summed E-state index contributed by atoms with van der Waals surface area (Å²) >= 11 is 0. The summed E-state index contributed by atoms with van der Waals surface area (Å²) in [6, 6.07) is 0. The van der Waals surface area contributed by atoms with Gasteiger partial charge in [-0.15, -0.1) is 0 Å². The molecular formula is C8H17NO. The van der Waals surface area contributed by atoms with E-state index in [-0.39, 0.29) is 0 Å². The fourth-order valence-corrected chi connectivity index (χ4v) is 0.714. The van der Waals surface area contributed by atoms with E-state index in [0.29, 0.717) is 0 Å². The minimum atomic E-state index is 0.888. The maximum absolute atomic E-state index is 5.16. The lowest BCUT2D eigenvalue weighted by atomic mass is 10.3. The summed E-state index contributed by atoms with van der Waals surface area (Å²) in [6.45, 7) is 5.00. The van der Waals surface area contributed by atoms with Crippen LogP contribution >= 0.6 is 0 Å². The normalized spacial score (nSPS) is 9.80. The second kappa shape index (κ2) is 4.34. The van der Waals surface area contributed by atoms with Gasteiger partial charge < -0.3 is 9.64 Å². The second-order valence-electron chi connectivity index (χ2n) is 2.87. The van der Waals surface area contributed by atoms with Crippen LogP contribution in [0.1, 0.15) is 13.8 Å². The van der Waals surface area contributed by atoms with E-state index in [9.17, 15) is 0 Å². The minimum absolute atomic E-state index is 0.888. The standard InChI is InChI=1S/C8H17NO/c1-7(2)8(10-5)6-9(3)4/h6H2,1-5H3. The van der Waals surface area contributed by atoms with E-state index in [1.165, 1.54) is 5.57 Å². The molecule has 0 aromatic rings. The summed E-state index contributed by atoms with van der Waals surface area (Å²) in [6.07, 6.45) is 0. The van der Waals surface area contributed by atoms with Crippen LogP contribution in [0.3, 0.4) is 0 Å². The van der Waals surface area contributed by atoms with Crippen molar-refractivity contribution >= 4 is 0 Å². The molecule has 10 heavy (non-hydrogen) atoms. The summed E-state index contributed by atoms with van der Waals surface area (Å²) in [7, 11) is 5.77. The maximum atomic E-state index is 5.16. The lowest BCUT2D eigenvalue weighted by molar-refractivity contribution is 0.245. The van der Waals surface area contributed by atoms with Gasteiger partial charge in [0.15, 0.2) is 0 Å². The van der Waals surface area contributed by atoms with E-state index in [4.69, 9.17) is 4.74 Å². The van der Waals surface area contributed by atoms with Crippen LogP contribution in [-0.2, 0) is 4.74 Å². The Morgan fingerprint density at radius 1 is 1.30 bits per heavy atom. The van der Waals surface area contributed by atoms with Crippen molar-refractivity contribution in [2.75, 3.05) is 27.7 Å². The van der Waals surface area contributed by atoms with Gasteiger partial charge in [0, 0.05) is 0 Å². The van der Waals surface area contributed by atoms with Gasteiger partial charge in [-0.1, -0.05) is 0 Å². The third kappa shape index (κ3) is 3.51. The SMILES string of the molecule is COC(CN(C)C)=C(C)C. The average Bonchev–Trinajstić information content (AvgIpc) is 1.81. The highest BCUT2D eigenvalue weighted by Crippen LogP contribution is 2.03. The Kier molecular flexibility index (Phi) is 4.12. The topological polar surface area (TPSA) is 12.5 Å². The van der Waals surface area contributed by atoms with Crippen LogP contribution in [0.5, 0.6) is 0 Å². The largest absolute Gasteiger partial charge is 0.500 e. The first-order valence-electron chi connectivity index (χ1n) is 3.43. The van der Waals surface area contributed by atoms with E-state index in [0.717, 1.165) is 12.3 Å². The summed E-state index contributed by atoms with van der Waals surface area (Å²) in [5.41, 5.74) is 1.25. The van der Waals surface area contributed by atoms with E-state index >= 15 is 0 Å². The molecule has 0 aliphatic heterocycles. The van der Waals surface area contributed by atoms with Crippen molar-refractivity contribution in [3.8, 4) is 0 Å². The second-order valence-corrected chi connectivity index (χ2v) is 2.87. The van der Waals surface area contributed by atoms with Crippen LogP contribution in [0.15, 0.2) is 11.3 Å². The first kappa shape index (κ1) is 9.50. The molecule has 0 aliphatic rings. The van der Waals surface area contributed by atoms with Crippen molar-refractivity contribution in [3.05, 3.63) is 11.3 Å². The lowest BCUT2D eigenvalue weighted by Gasteiger charge is -2.13. The molecule has 60 valence electrons. The van der Waals surface area contributed by atoms with Gasteiger partial charge in [0.25, 0.3) is 0 Å². The van der Waals surface area contributed by atoms with Crippen LogP contribution in [0.4, 0.5) is 0 Å². The molecule has 0 rings (SSSR count). The predicted molar refractivity (Wildman–Crippen MR) is 43.9 cm³/mol. The molecule has 0 aliphatic carbocycles. The van der Waals surface area contributed by atoms with Gasteiger partial charge in [0.1, 0.15) is 5.76 Å². The molecule has 0 bridgehead atoms. The molecule has 0 unspecified atom stereocenters. The smallest absolute Gasteiger partial charge is 0.108 e. The first-order chi connectivity index (χ1) is 4.57. The molecule has 0 amide bonds. The quantitative estimate of drug-likeness (QED) is 0.555. The van der Waals surface area contributed by atoms with Crippen LogP contribution in [0, 0.1) is 0 Å². The van der Waals surface area contributed by atoms with Gasteiger partial charge in [0.05, 0.1) is 13.7 Å². The molecular weight excluding hydrogens is 126 g/mol. The van der Waals surface area contributed by atoms with Gasteiger partial charge in [0.2, 0.25) is 0 Å². The molecule has 2 nitrogen and oxygen atoms in total. The highest BCUT2D eigenvalue weighted by atomic mass is 16.5. The monoisotopic (exact) mass is 143 g/mol. The summed E-state index contributed by atoms with van der Waals surface area (Å²) < 4.78 is 5.16. The van der Waals surface area contributed by atoms with Crippen molar-refractivity contribution in [1.82, 2.24) is 4.90 Å². The lowest BCUT2D eigenvalue weighted by Crippen LogP contribution is -2.16. The van der Waals surface area contributed by atoms with Crippen molar-refractivity contribution in [2.24, 2.45) is 0 Å². The number of methoxy groups -OCH3 is 1. The Labute approximate surface area is 63.5 Å². The van der Waals surface area contributed by atoms with Gasteiger partial charge in [-0.2, -0.15) is 0 Å². The zero-order valence-electron chi connectivity index (χ0n) is 7.56. The first-order valence-corrected chi connectivity index (χ1v) is 3.43. The number of hydrogen-bond acceptors (Lipinski definition) is 2. The Morgan fingerprint density at radius 2 is 1.80 bits per heavy atom. The van der Waals surface area contributed by atoms with E-state index < -0.39 is 0 Å². The zero-order chi connectivity index (χ0) is 8.15. The molecule has 0 aromatic carbocycles. The average molecular weight is 143 g/mol. The van der Waals surface area contributed by atoms with Gasteiger partial charge in [-0.05, 0) is 33.5 Å². The number of allylic oxidation sites excluding steroid dienone is 1. The molecule has 0 saturated heterocycles. The molecule has 0 atom stereocenters. The van der Waals surface area contributed by atoms with Crippen LogP contribution < -0.4 is 0 Å². The maximum Gasteiger partial charge on any atom is 0.108 e. The molecule has 2 heteroatoms. The fraction of sp³-hybridized carbons (Fsp3) is 0.750. The van der Waals surface area contributed by atoms with Crippen molar-refractivity contribution < 1.29 is 4.74 Å². The van der Waals surface area contributed by atoms with Gasteiger partial charge in [-0.3, -0.25) is 0 Å². The van der Waals surface area contributed by atoms with Crippen molar-refractivity contribution in [1.29, 1.82) is 0 Å². The molecule has 0 radical (unpaired) electrons. The van der Waals surface area contributed by atoms with Crippen LogP contribution in [0.25, 0.3) is 0 Å². The fourth-order valence-electron chi connectivity index (χ4n) is 0.714. The Bertz CT molecular complexity index is 123. The summed E-state index contributed by atoms with van der Waals surface area (Å²) in [4.78, 5) is 2.09. The van der Waals surface area contributed by atoms with Crippen LogP contribution in [-0.4, -0.2) is 32.6 Å². The third-order valence-electron chi connectivity index (χ3n) is 1.26.